The summed E-state index contributed by atoms with van der Waals surface area (Å²) in [6, 6.07) is 54.8. The molecule has 0 heterocycles. The number of hydrogen-bond donors (Lipinski definition) is 0. The second-order valence-electron chi connectivity index (χ2n) is 9.97. The predicted molar refractivity (Wildman–Crippen MR) is 183 cm³/mol. The van der Waals surface area contributed by atoms with E-state index in [1.165, 1.54) is 27.8 Å². The molecule has 0 spiro atoms. The van der Waals surface area contributed by atoms with Gasteiger partial charge < -0.3 is 0 Å². The fourth-order valence-corrected chi connectivity index (χ4v) is 5.01. The van der Waals surface area contributed by atoms with E-state index in [0.717, 1.165) is 33.8 Å². The molecule has 4 heteroatoms. The first-order chi connectivity index (χ1) is 21.2. The molecule has 0 aliphatic carbocycles. The van der Waals surface area contributed by atoms with Crippen LogP contribution < -0.4 is 0 Å². The molecule has 6 aromatic carbocycles. The van der Waals surface area contributed by atoms with Crippen molar-refractivity contribution >= 4 is 33.5 Å². The summed E-state index contributed by atoms with van der Waals surface area (Å²) in [6.45, 7) is 2.00. The van der Waals surface area contributed by atoms with Crippen molar-refractivity contribution in [2.75, 3.05) is 0 Å². The first-order valence-electron chi connectivity index (χ1n) is 14.0. The van der Waals surface area contributed by atoms with Gasteiger partial charge in [0.05, 0.1) is 17.1 Å². The van der Waals surface area contributed by atoms with Gasteiger partial charge in [-0.25, -0.2) is 0 Å². The zero-order valence-electron chi connectivity index (χ0n) is 23.7. The summed E-state index contributed by atoms with van der Waals surface area (Å²) in [7, 11) is 4.33. The standard InChI is InChI=1S/C39H30N2.ClH.Ni.H/c1-29(41-37-25-34(30-14-6-2-7-15-30)24-35(26-37)31-16-8-3-9-17-31)28-40-36-22-23-38(32-18-10-4-11-19-32)39(27-36)33-20-12-5-13-21-33;;;/h2-28H,1H3;1H;;/q;;+1;/p-1. The molecule has 0 aliphatic heterocycles. The van der Waals surface area contributed by atoms with Gasteiger partial charge in [-0.15, -0.1) is 0 Å². The summed E-state index contributed by atoms with van der Waals surface area (Å²) in [5.74, 6) is 0. The molecule has 0 N–H and O–H groups in total. The van der Waals surface area contributed by atoms with Crippen molar-refractivity contribution in [3.63, 3.8) is 0 Å². The second-order valence-corrected chi connectivity index (χ2v) is 9.97. The molecule has 0 saturated carbocycles. The molecule has 0 atom stereocenters. The first-order valence-corrected chi connectivity index (χ1v) is 15.4. The van der Waals surface area contributed by atoms with Crippen LogP contribution >= 0.6 is 10.2 Å². The van der Waals surface area contributed by atoms with Crippen LogP contribution in [0.4, 0.5) is 11.4 Å². The molecule has 0 saturated heterocycles. The monoisotopic (exact) mass is 620 g/mol. The van der Waals surface area contributed by atoms with E-state index in [1.54, 1.807) is 0 Å². The summed E-state index contributed by atoms with van der Waals surface area (Å²) in [5, 5.41) is 0. The molecule has 0 amide bonds. The van der Waals surface area contributed by atoms with E-state index in [-0.39, 0.29) is 0 Å². The summed E-state index contributed by atoms with van der Waals surface area (Å²) < 4.78 is 0. The van der Waals surface area contributed by atoms with Gasteiger partial charge >= 0.3 is 24.8 Å². The third kappa shape index (κ3) is 7.84. The Balaban J connectivity index is 0.00000180. The Morgan fingerprint density at radius 3 is 1.40 bits per heavy atom. The first kappa shape index (κ1) is 29.9. The molecular formula is C39H31ClN2Ni. The molecule has 0 fully saturated rings. The minimum absolute atomic E-state index is 0.836. The number of nitrogens with zero attached hydrogens (tertiary/aromatic N) is 2. The third-order valence-electron chi connectivity index (χ3n) is 7.01. The van der Waals surface area contributed by atoms with Crippen molar-refractivity contribution in [2.24, 2.45) is 9.98 Å². The van der Waals surface area contributed by atoms with E-state index in [1.807, 2.05) is 37.4 Å². The number of rotatable bonds is 7. The third-order valence-corrected chi connectivity index (χ3v) is 7.01. The topological polar surface area (TPSA) is 24.7 Å². The molecule has 0 aliphatic rings. The van der Waals surface area contributed by atoms with Crippen LogP contribution in [0.25, 0.3) is 44.5 Å². The van der Waals surface area contributed by atoms with Gasteiger partial charge in [-0.05, 0) is 81.8 Å². The summed E-state index contributed by atoms with van der Waals surface area (Å²) >= 11 is 3.03. The van der Waals surface area contributed by atoms with E-state index in [9.17, 15) is 0 Å². The molecule has 0 bridgehead atoms. The Morgan fingerprint density at radius 1 is 0.465 bits per heavy atom. The predicted octanol–water partition coefficient (Wildman–Crippen LogP) is 11.3. The van der Waals surface area contributed by atoms with Crippen LogP contribution in [-0.4, -0.2) is 11.9 Å². The SMILES string of the molecule is CC(C=Nc1ccc(-c2ccccc2)c(-c2ccccc2)c1)=Nc1cc(-c2ccccc2)cc(-c2ccccc2)c1.[Cl][NiH]. The molecular weight excluding hydrogens is 591 g/mol. The fraction of sp³-hybridized carbons (Fsp3) is 0.0256. The van der Waals surface area contributed by atoms with E-state index in [4.69, 9.17) is 9.98 Å². The van der Waals surface area contributed by atoms with Crippen molar-refractivity contribution in [3.8, 4) is 44.5 Å². The van der Waals surface area contributed by atoms with Crippen LogP contribution in [-0.2, 0) is 14.6 Å². The summed E-state index contributed by atoms with van der Waals surface area (Å²) in [4.78, 5) is 9.79. The van der Waals surface area contributed by atoms with Gasteiger partial charge in [-0.3, -0.25) is 9.98 Å². The van der Waals surface area contributed by atoms with E-state index >= 15 is 0 Å². The van der Waals surface area contributed by atoms with E-state index < -0.39 is 0 Å². The van der Waals surface area contributed by atoms with Crippen molar-refractivity contribution < 1.29 is 14.6 Å². The van der Waals surface area contributed by atoms with Crippen LogP contribution in [0.1, 0.15) is 6.92 Å². The van der Waals surface area contributed by atoms with Gasteiger partial charge in [-0.1, -0.05) is 127 Å². The molecule has 0 radical (unpaired) electrons. The molecule has 2 nitrogen and oxygen atoms in total. The van der Waals surface area contributed by atoms with Crippen molar-refractivity contribution in [3.05, 3.63) is 158 Å². The zero-order chi connectivity index (χ0) is 29.9. The van der Waals surface area contributed by atoms with Crippen LogP contribution in [0.2, 0.25) is 0 Å². The maximum absolute atomic E-state index is 4.96. The van der Waals surface area contributed by atoms with Gasteiger partial charge in [0.2, 0.25) is 0 Å². The molecule has 6 aromatic rings. The number of benzene rings is 6. The molecule has 43 heavy (non-hydrogen) atoms. The van der Waals surface area contributed by atoms with Crippen LogP contribution in [0.15, 0.2) is 168 Å². The van der Waals surface area contributed by atoms with E-state index in [0.29, 0.717) is 0 Å². The van der Waals surface area contributed by atoms with Gasteiger partial charge in [0, 0.05) is 6.21 Å². The molecule has 0 unspecified atom stereocenters. The number of aliphatic imine (C=N–C) groups is 2. The maximum atomic E-state index is 4.96. The van der Waals surface area contributed by atoms with Crippen molar-refractivity contribution in [1.29, 1.82) is 0 Å². The Bertz CT molecular complexity index is 1760. The Morgan fingerprint density at radius 2 is 0.907 bits per heavy atom. The fourth-order valence-electron chi connectivity index (χ4n) is 5.01. The average Bonchev–Trinajstić information content (AvgIpc) is 3.09. The van der Waals surface area contributed by atoms with Crippen molar-refractivity contribution in [2.45, 2.75) is 6.92 Å². The van der Waals surface area contributed by atoms with Gasteiger partial charge in [0.25, 0.3) is 0 Å². The Hall–Kier alpha value is -4.56. The average molecular weight is 622 g/mol. The van der Waals surface area contributed by atoms with Gasteiger partial charge in [0.15, 0.2) is 0 Å². The molecule has 6 rings (SSSR count). The second kappa shape index (κ2) is 15.1. The van der Waals surface area contributed by atoms with E-state index in [2.05, 4.69) is 158 Å². The number of hydrogen-bond acceptors (Lipinski definition) is 2. The van der Waals surface area contributed by atoms with Crippen LogP contribution in [0.3, 0.4) is 0 Å². The Labute approximate surface area is 266 Å². The molecule has 214 valence electrons. The van der Waals surface area contributed by atoms with Gasteiger partial charge in [-0.2, -0.15) is 0 Å². The zero-order valence-corrected chi connectivity index (χ0v) is 25.5. The number of halogens is 1. The quantitative estimate of drug-likeness (QED) is 0.125. The van der Waals surface area contributed by atoms with Crippen LogP contribution in [0.5, 0.6) is 0 Å². The Kier molecular flexibility index (Phi) is 10.5. The van der Waals surface area contributed by atoms with Crippen LogP contribution in [0, 0.1) is 0 Å². The summed E-state index contributed by atoms with van der Waals surface area (Å²) in [5.41, 5.74) is 11.9. The minimum atomic E-state index is 0.836. The molecule has 0 aromatic heterocycles. The summed E-state index contributed by atoms with van der Waals surface area (Å²) in [6.07, 6.45) is 1.85. The van der Waals surface area contributed by atoms with Gasteiger partial charge in [0.1, 0.15) is 0 Å². The van der Waals surface area contributed by atoms with Crippen molar-refractivity contribution in [1.82, 2.24) is 0 Å². The normalized spacial score (nSPS) is 11.2.